The summed E-state index contributed by atoms with van der Waals surface area (Å²) in [7, 11) is 4.05. The molecule has 6 heteroatoms. The molecule has 15 heavy (non-hydrogen) atoms. The molecule has 0 unspecified atom stereocenters. The number of hydrogen-bond acceptors (Lipinski definition) is 4. The summed E-state index contributed by atoms with van der Waals surface area (Å²) in [4.78, 5) is 9.90. The molecular weight excluding hydrogens is 281 g/mol. The van der Waals surface area contributed by atoms with Gasteiger partial charge in [0, 0.05) is 6.54 Å². The van der Waals surface area contributed by atoms with Crippen molar-refractivity contribution < 1.29 is 4.74 Å². The van der Waals surface area contributed by atoms with Crippen LogP contribution in [-0.4, -0.2) is 42.1 Å². The number of halogens is 2. The van der Waals surface area contributed by atoms with Crippen LogP contribution < -0.4 is 4.74 Å². The van der Waals surface area contributed by atoms with Gasteiger partial charge in [-0.15, -0.1) is 0 Å². The highest BCUT2D eigenvalue weighted by molar-refractivity contribution is 9.10. The molecule has 1 aromatic heterocycles. The van der Waals surface area contributed by atoms with Crippen LogP contribution in [0.1, 0.15) is 6.42 Å². The first-order valence-corrected chi connectivity index (χ1v) is 5.72. The van der Waals surface area contributed by atoms with E-state index in [4.69, 9.17) is 16.3 Å². The number of rotatable bonds is 5. The average molecular weight is 295 g/mol. The Balaban J connectivity index is 2.41. The van der Waals surface area contributed by atoms with Crippen LogP contribution in [-0.2, 0) is 0 Å². The topological polar surface area (TPSA) is 38.2 Å². The van der Waals surface area contributed by atoms with Crippen molar-refractivity contribution in [3.63, 3.8) is 0 Å². The lowest BCUT2D eigenvalue weighted by atomic mass is 10.4. The van der Waals surface area contributed by atoms with Gasteiger partial charge in [0.2, 0.25) is 5.88 Å². The van der Waals surface area contributed by atoms with E-state index in [0.717, 1.165) is 13.0 Å². The molecule has 0 radical (unpaired) electrons. The number of nitrogens with zero attached hydrogens (tertiary/aromatic N) is 3. The van der Waals surface area contributed by atoms with E-state index in [1.165, 1.54) is 6.33 Å². The van der Waals surface area contributed by atoms with E-state index in [1.807, 2.05) is 14.1 Å². The van der Waals surface area contributed by atoms with Crippen LogP contribution in [0, 0.1) is 0 Å². The molecule has 0 saturated heterocycles. The zero-order valence-corrected chi connectivity index (χ0v) is 11.0. The van der Waals surface area contributed by atoms with Gasteiger partial charge < -0.3 is 9.64 Å². The number of aromatic nitrogens is 2. The quantitative estimate of drug-likeness (QED) is 0.616. The van der Waals surface area contributed by atoms with Gasteiger partial charge in [-0.2, -0.15) is 0 Å². The van der Waals surface area contributed by atoms with Crippen LogP contribution >= 0.6 is 27.5 Å². The van der Waals surface area contributed by atoms with E-state index in [1.54, 1.807) is 0 Å². The van der Waals surface area contributed by atoms with Crippen molar-refractivity contribution in [2.45, 2.75) is 6.42 Å². The Kier molecular flexibility index (Phi) is 5.28. The Labute approximate surface area is 103 Å². The Morgan fingerprint density at radius 3 is 2.87 bits per heavy atom. The normalized spacial score (nSPS) is 10.7. The molecule has 0 N–H and O–H groups in total. The molecule has 4 nitrogen and oxygen atoms in total. The Morgan fingerprint density at radius 2 is 2.20 bits per heavy atom. The summed E-state index contributed by atoms with van der Waals surface area (Å²) in [6, 6.07) is 0. The van der Waals surface area contributed by atoms with Gasteiger partial charge in [-0.25, -0.2) is 9.97 Å². The maximum absolute atomic E-state index is 5.79. The molecule has 0 aliphatic heterocycles. The van der Waals surface area contributed by atoms with Gasteiger partial charge in [-0.05, 0) is 36.4 Å². The second kappa shape index (κ2) is 6.25. The van der Waals surface area contributed by atoms with Gasteiger partial charge in [-0.3, -0.25) is 0 Å². The average Bonchev–Trinajstić information content (AvgIpc) is 2.18. The van der Waals surface area contributed by atoms with Gasteiger partial charge in [0.15, 0.2) is 5.15 Å². The Bertz CT molecular complexity index is 322. The fourth-order valence-electron chi connectivity index (χ4n) is 0.984. The van der Waals surface area contributed by atoms with Gasteiger partial charge in [0.25, 0.3) is 0 Å². The third kappa shape index (κ3) is 4.32. The predicted molar refractivity (Wildman–Crippen MR) is 63.4 cm³/mol. The van der Waals surface area contributed by atoms with Crippen LogP contribution in [0.4, 0.5) is 0 Å². The molecule has 0 aromatic carbocycles. The molecule has 0 saturated carbocycles. The lowest BCUT2D eigenvalue weighted by Crippen LogP contribution is -2.15. The zero-order chi connectivity index (χ0) is 11.3. The Hall–Kier alpha value is -0.390. The summed E-state index contributed by atoms with van der Waals surface area (Å²) in [5.74, 6) is 0.494. The summed E-state index contributed by atoms with van der Waals surface area (Å²) in [6.07, 6.45) is 2.33. The highest BCUT2D eigenvalue weighted by Gasteiger charge is 2.07. The minimum absolute atomic E-state index is 0.368. The smallest absolute Gasteiger partial charge is 0.232 e. The molecule has 0 aliphatic carbocycles. The third-order valence-corrected chi connectivity index (χ3v) is 2.93. The van der Waals surface area contributed by atoms with E-state index in [2.05, 4.69) is 30.8 Å². The fraction of sp³-hybridized carbons (Fsp3) is 0.556. The van der Waals surface area contributed by atoms with Crippen molar-refractivity contribution in [3.8, 4) is 5.88 Å². The molecule has 0 amide bonds. The molecule has 1 rings (SSSR count). The molecule has 0 aliphatic rings. The number of ether oxygens (including phenoxy) is 1. The Morgan fingerprint density at radius 1 is 1.47 bits per heavy atom. The highest BCUT2D eigenvalue weighted by atomic mass is 79.9. The fourth-order valence-corrected chi connectivity index (χ4v) is 1.43. The van der Waals surface area contributed by atoms with E-state index in [9.17, 15) is 0 Å². The first-order valence-electron chi connectivity index (χ1n) is 4.55. The summed E-state index contributed by atoms with van der Waals surface area (Å²) >= 11 is 9.06. The molecule has 0 fully saturated rings. The first kappa shape index (κ1) is 12.7. The maximum atomic E-state index is 5.79. The lowest BCUT2D eigenvalue weighted by molar-refractivity contribution is 0.271. The van der Waals surface area contributed by atoms with E-state index >= 15 is 0 Å². The summed E-state index contributed by atoms with van der Waals surface area (Å²) in [5.41, 5.74) is 0. The molecule has 1 aromatic rings. The summed E-state index contributed by atoms with van der Waals surface area (Å²) in [6.45, 7) is 1.60. The molecule has 84 valence electrons. The molecule has 1 heterocycles. The van der Waals surface area contributed by atoms with Crippen LogP contribution in [0.15, 0.2) is 10.8 Å². The predicted octanol–water partition coefficient (Wildman–Crippen LogP) is 2.22. The minimum Gasteiger partial charge on any atom is -0.477 e. The SMILES string of the molecule is CN(C)CCCOc1ncnc(Cl)c1Br. The summed E-state index contributed by atoms with van der Waals surface area (Å²) < 4.78 is 6.07. The summed E-state index contributed by atoms with van der Waals surface area (Å²) in [5, 5.41) is 0.368. The van der Waals surface area contributed by atoms with E-state index in [0.29, 0.717) is 22.1 Å². The third-order valence-electron chi connectivity index (χ3n) is 1.70. The molecule has 0 atom stereocenters. The van der Waals surface area contributed by atoms with Gasteiger partial charge in [-0.1, -0.05) is 11.6 Å². The van der Waals surface area contributed by atoms with Gasteiger partial charge in [0.05, 0.1) is 6.61 Å². The highest BCUT2D eigenvalue weighted by Crippen LogP contribution is 2.27. The van der Waals surface area contributed by atoms with Crippen molar-refractivity contribution >= 4 is 27.5 Å². The lowest BCUT2D eigenvalue weighted by Gasteiger charge is -2.10. The molecule has 0 bridgehead atoms. The van der Waals surface area contributed by atoms with Crippen molar-refractivity contribution in [2.75, 3.05) is 27.2 Å². The standard InChI is InChI=1S/C9H13BrClN3O/c1-14(2)4-3-5-15-9-7(10)8(11)12-6-13-9/h6H,3-5H2,1-2H3. The van der Waals surface area contributed by atoms with E-state index in [-0.39, 0.29) is 0 Å². The number of hydrogen-bond donors (Lipinski definition) is 0. The second-order valence-corrected chi connectivity index (χ2v) is 4.44. The van der Waals surface area contributed by atoms with Crippen molar-refractivity contribution in [1.82, 2.24) is 14.9 Å². The monoisotopic (exact) mass is 293 g/mol. The molecule has 0 spiro atoms. The van der Waals surface area contributed by atoms with Crippen LogP contribution in [0.25, 0.3) is 0 Å². The minimum atomic E-state index is 0.368. The van der Waals surface area contributed by atoms with E-state index < -0.39 is 0 Å². The van der Waals surface area contributed by atoms with Gasteiger partial charge >= 0.3 is 0 Å². The first-order chi connectivity index (χ1) is 7.11. The second-order valence-electron chi connectivity index (χ2n) is 3.29. The van der Waals surface area contributed by atoms with Crippen molar-refractivity contribution in [1.29, 1.82) is 0 Å². The zero-order valence-electron chi connectivity index (χ0n) is 8.70. The van der Waals surface area contributed by atoms with Crippen molar-refractivity contribution in [2.24, 2.45) is 0 Å². The largest absolute Gasteiger partial charge is 0.477 e. The van der Waals surface area contributed by atoms with Crippen LogP contribution in [0.5, 0.6) is 5.88 Å². The molecular formula is C9H13BrClN3O. The maximum Gasteiger partial charge on any atom is 0.232 e. The van der Waals surface area contributed by atoms with Crippen LogP contribution in [0.3, 0.4) is 0 Å². The van der Waals surface area contributed by atoms with Crippen LogP contribution in [0.2, 0.25) is 5.15 Å². The van der Waals surface area contributed by atoms with Gasteiger partial charge in [0.1, 0.15) is 10.8 Å². The van der Waals surface area contributed by atoms with Crippen molar-refractivity contribution in [3.05, 3.63) is 16.0 Å².